The molecule has 1 fully saturated rings. The van der Waals surface area contributed by atoms with Crippen molar-refractivity contribution in [2.75, 3.05) is 6.54 Å². The van der Waals surface area contributed by atoms with Crippen molar-refractivity contribution in [1.82, 2.24) is 20.4 Å². The van der Waals surface area contributed by atoms with Gasteiger partial charge in [-0.15, -0.1) is 4.99 Å². The number of carbonyl (C=O) groups excluding carboxylic acids is 2. The first-order valence-corrected chi connectivity index (χ1v) is 15.3. The van der Waals surface area contributed by atoms with Crippen molar-refractivity contribution in [2.45, 2.75) is 78.2 Å². The third kappa shape index (κ3) is 8.85. The monoisotopic (exact) mass is 638 g/mol. The number of nitriles is 1. The first kappa shape index (κ1) is 32.9. The van der Waals surface area contributed by atoms with Gasteiger partial charge in [-0.3, -0.25) is 5.32 Å². The molecule has 4 aromatic rings. The quantitative estimate of drug-likeness (QED) is 0.174. The van der Waals surface area contributed by atoms with Crippen LogP contribution in [0, 0.1) is 11.3 Å². The Kier molecular flexibility index (Phi) is 9.46. The Morgan fingerprint density at radius 1 is 1.00 bits per heavy atom. The number of benzene rings is 3. The van der Waals surface area contributed by atoms with Crippen LogP contribution in [0.15, 0.2) is 70.2 Å². The maximum absolute atomic E-state index is 12.7. The summed E-state index contributed by atoms with van der Waals surface area (Å²) in [6, 6.07) is 20.6. The van der Waals surface area contributed by atoms with Crippen molar-refractivity contribution in [1.29, 1.82) is 5.26 Å². The van der Waals surface area contributed by atoms with Crippen LogP contribution in [0.1, 0.15) is 77.4 Å². The van der Waals surface area contributed by atoms with Crippen molar-refractivity contribution >= 4 is 28.9 Å². The molecule has 0 saturated carbocycles. The molecule has 0 spiro atoms. The number of nitrogens with one attached hydrogen (secondary N) is 1. The molecule has 1 unspecified atom stereocenters. The Labute approximate surface area is 273 Å². The van der Waals surface area contributed by atoms with Gasteiger partial charge in [-0.2, -0.15) is 10.2 Å². The molecular formula is C35H38N6O6. The van der Waals surface area contributed by atoms with Gasteiger partial charge in [0.2, 0.25) is 17.7 Å². The molecule has 1 saturated heterocycles. The second-order valence-corrected chi connectivity index (χ2v) is 13.2. The van der Waals surface area contributed by atoms with Crippen LogP contribution >= 0.6 is 0 Å². The van der Waals surface area contributed by atoms with Gasteiger partial charge in [-0.25, -0.2) is 9.59 Å². The number of likely N-dealkylation sites (tertiary alicyclic amines) is 1. The summed E-state index contributed by atoms with van der Waals surface area (Å²) in [5.41, 5.74) is 0.809. The van der Waals surface area contributed by atoms with Gasteiger partial charge in [0.15, 0.2) is 0 Å². The highest BCUT2D eigenvalue weighted by Crippen LogP contribution is 2.33. The third-order valence-corrected chi connectivity index (χ3v) is 7.01. The van der Waals surface area contributed by atoms with E-state index in [0.29, 0.717) is 36.9 Å². The number of ether oxygens (including phenoxy) is 3. The Morgan fingerprint density at radius 3 is 2.40 bits per heavy atom. The second kappa shape index (κ2) is 13.5. The maximum atomic E-state index is 12.7. The molecule has 244 valence electrons. The smallest absolute Gasteiger partial charge is 0.437 e. The van der Waals surface area contributed by atoms with Crippen LogP contribution in [0.25, 0.3) is 22.2 Å². The molecule has 1 aromatic heterocycles. The van der Waals surface area contributed by atoms with Gasteiger partial charge >= 0.3 is 12.2 Å². The molecule has 12 nitrogen and oxygen atoms in total. The van der Waals surface area contributed by atoms with Crippen LogP contribution in [0.5, 0.6) is 5.75 Å². The molecule has 2 heterocycles. The van der Waals surface area contributed by atoms with Crippen LogP contribution < -0.4 is 10.1 Å². The molecule has 1 aliphatic heterocycles. The fourth-order valence-electron chi connectivity index (χ4n) is 4.99. The second-order valence-electron chi connectivity index (χ2n) is 13.2. The molecule has 1 atom stereocenters. The fraction of sp³-hybridized carbons (Fsp3) is 0.371. The van der Waals surface area contributed by atoms with Gasteiger partial charge < -0.3 is 23.6 Å². The lowest BCUT2D eigenvalue weighted by Gasteiger charge is -2.27. The third-order valence-electron chi connectivity index (χ3n) is 7.01. The van der Waals surface area contributed by atoms with Crippen LogP contribution in [0.4, 0.5) is 9.59 Å². The lowest BCUT2D eigenvalue weighted by atomic mass is 10.1. The van der Waals surface area contributed by atoms with E-state index in [9.17, 15) is 9.59 Å². The Balaban J connectivity index is 1.33. The van der Waals surface area contributed by atoms with Crippen LogP contribution in [0.2, 0.25) is 0 Å². The van der Waals surface area contributed by atoms with Gasteiger partial charge in [-0.05, 0) is 101 Å². The minimum atomic E-state index is -0.848. The topological polar surface area (TPSA) is 152 Å². The normalized spacial score (nSPS) is 15.3. The highest BCUT2D eigenvalue weighted by atomic mass is 16.6. The number of alkyl carbamates (subject to hydrolysis) is 1. The molecular weight excluding hydrogens is 600 g/mol. The lowest BCUT2D eigenvalue weighted by Crippen LogP contribution is -2.46. The predicted octanol–water partition coefficient (Wildman–Crippen LogP) is 7.29. The number of rotatable bonds is 5. The highest BCUT2D eigenvalue weighted by Gasteiger charge is 2.35. The average molecular weight is 639 g/mol. The van der Waals surface area contributed by atoms with Crippen molar-refractivity contribution in [3.63, 3.8) is 0 Å². The first-order chi connectivity index (χ1) is 22.3. The van der Waals surface area contributed by atoms with Gasteiger partial charge in [-0.1, -0.05) is 35.5 Å². The van der Waals surface area contributed by atoms with Gasteiger partial charge in [0.1, 0.15) is 29.6 Å². The zero-order valence-corrected chi connectivity index (χ0v) is 27.4. The Hall–Kier alpha value is -5.44. The Bertz CT molecular complexity index is 1830. The number of fused-ring (bicyclic) bond motifs is 1. The zero-order chi connectivity index (χ0) is 33.8. The summed E-state index contributed by atoms with van der Waals surface area (Å²) in [5.74, 6) is 1.44. The summed E-state index contributed by atoms with van der Waals surface area (Å²) < 4.78 is 22.5. The predicted molar refractivity (Wildman–Crippen MR) is 174 cm³/mol. The largest absolute Gasteiger partial charge is 0.489 e. The molecule has 47 heavy (non-hydrogen) atoms. The van der Waals surface area contributed by atoms with Crippen molar-refractivity contribution < 1.29 is 28.3 Å². The summed E-state index contributed by atoms with van der Waals surface area (Å²) in [7, 11) is 0. The molecule has 12 heteroatoms. The standard InChI is InChI=1S/C35H38N6O6/c1-34(2,3)45-32(42)38-31(39-33(43)46-35(4,5)6)41-17-7-8-28(41)30-37-29(40-47-30)26-14-13-25-19-27(16-15-24(25)18-26)44-21-23-11-9-22(20-36)10-12-23/h9-16,18-19,28H,7-8,17,21H2,1-6H3,(H,38,39,42,43). The SMILES string of the molecule is CC(C)(C)OC(=O)N=C(NC(=O)OC(C)(C)C)N1CCCC1c1nc(-c2ccc3cc(OCc4ccc(C#N)cc4)ccc3c2)no1. The first-order valence-electron chi connectivity index (χ1n) is 15.3. The molecule has 5 rings (SSSR count). The number of amides is 2. The fourth-order valence-corrected chi connectivity index (χ4v) is 4.99. The molecule has 1 aliphatic rings. The number of hydrogen-bond donors (Lipinski definition) is 1. The molecule has 0 bridgehead atoms. The van der Waals surface area contributed by atoms with E-state index in [1.165, 1.54) is 0 Å². The maximum Gasteiger partial charge on any atom is 0.437 e. The number of aliphatic imine (C=N–C) groups is 1. The van der Waals surface area contributed by atoms with Gasteiger partial charge in [0.05, 0.1) is 11.6 Å². The summed E-state index contributed by atoms with van der Waals surface area (Å²) in [5, 5.41) is 17.8. The van der Waals surface area contributed by atoms with E-state index in [4.69, 9.17) is 29.0 Å². The Morgan fingerprint density at radius 2 is 1.70 bits per heavy atom. The molecule has 1 N–H and O–H groups in total. The van der Waals surface area contributed by atoms with Crippen LogP contribution in [-0.4, -0.2) is 50.9 Å². The summed E-state index contributed by atoms with van der Waals surface area (Å²) in [6.07, 6.45) is -0.236. The van der Waals surface area contributed by atoms with Gasteiger partial charge in [0.25, 0.3) is 0 Å². The van der Waals surface area contributed by atoms with E-state index in [2.05, 4.69) is 21.5 Å². The van der Waals surface area contributed by atoms with E-state index in [0.717, 1.165) is 34.1 Å². The number of aromatic nitrogens is 2. The summed E-state index contributed by atoms with van der Waals surface area (Å²) in [6.45, 7) is 11.3. The lowest BCUT2D eigenvalue weighted by molar-refractivity contribution is 0.0553. The zero-order valence-electron chi connectivity index (χ0n) is 27.4. The van der Waals surface area contributed by atoms with Crippen LogP contribution in [-0.2, 0) is 16.1 Å². The summed E-state index contributed by atoms with van der Waals surface area (Å²) in [4.78, 5) is 35.9. The van der Waals surface area contributed by atoms with E-state index >= 15 is 0 Å². The number of carbonyl (C=O) groups is 2. The molecule has 0 radical (unpaired) electrons. The van der Waals surface area contributed by atoms with Crippen LogP contribution in [0.3, 0.4) is 0 Å². The minimum absolute atomic E-state index is 0.0151. The number of guanidine groups is 1. The van der Waals surface area contributed by atoms with E-state index in [1.54, 1.807) is 58.6 Å². The average Bonchev–Trinajstić information content (AvgIpc) is 3.68. The molecule has 0 aliphatic carbocycles. The van der Waals surface area contributed by atoms with Crippen molar-refractivity contribution in [2.24, 2.45) is 4.99 Å². The van der Waals surface area contributed by atoms with E-state index in [-0.39, 0.29) is 5.96 Å². The molecule has 3 aromatic carbocycles. The van der Waals surface area contributed by atoms with E-state index in [1.807, 2.05) is 48.5 Å². The van der Waals surface area contributed by atoms with Gasteiger partial charge in [0, 0.05) is 12.1 Å². The minimum Gasteiger partial charge on any atom is -0.489 e. The van der Waals surface area contributed by atoms with Crippen molar-refractivity contribution in [3.05, 3.63) is 77.7 Å². The number of nitrogens with zero attached hydrogens (tertiary/aromatic N) is 5. The van der Waals surface area contributed by atoms with E-state index < -0.39 is 29.4 Å². The number of hydrogen-bond acceptors (Lipinski definition) is 9. The summed E-state index contributed by atoms with van der Waals surface area (Å²) >= 11 is 0. The molecule has 2 amide bonds. The van der Waals surface area contributed by atoms with Crippen molar-refractivity contribution in [3.8, 4) is 23.2 Å². The highest BCUT2D eigenvalue weighted by molar-refractivity contribution is 5.99.